The molecule has 2 saturated heterocycles. The molecule has 2 heterocycles. The molecule has 3 nitrogen and oxygen atoms in total. The van der Waals surface area contributed by atoms with Gasteiger partial charge in [0.15, 0.2) is 0 Å². The van der Waals surface area contributed by atoms with Gasteiger partial charge >= 0.3 is 0 Å². The average Bonchev–Trinajstić information content (AvgIpc) is 2.99. The Hall–Kier alpha value is -2.05. The molecule has 3 fully saturated rings. The van der Waals surface area contributed by atoms with Crippen molar-refractivity contribution < 1.29 is 4.74 Å². The first-order valence-electron chi connectivity index (χ1n) is 12.1. The summed E-state index contributed by atoms with van der Waals surface area (Å²) in [7, 11) is 0. The Morgan fingerprint density at radius 1 is 0.967 bits per heavy atom. The molecule has 0 aromatic heterocycles. The third kappa shape index (κ3) is 3.83. The summed E-state index contributed by atoms with van der Waals surface area (Å²) in [5, 5.41) is 12.2. The number of piperidine rings is 1. The molecule has 0 N–H and O–H groups in total. The summed E-state index contributed by atoms with van der Waals surface area (Å²) in [6.45, 7) is 3.30. The maximum atomic E-state index is 9.99. The number of hydrogen-bond acceptors (Lipinski definition) is 3. The van der Waals surface area contributed by atoms with Gasteiger partial charge in [-0.15, -0.1) is 0 Å². The number of nitrogens with zero attached hydrogens (tertiary/aromatic N) is 2. The van der Waals surface area contributed by atoms with Gasteiger partial charge in [0.25, 0.3) is 0 Å². The minimum atomic E-state index is 0.254. The van der Waals surface area contributed by atoms with Crippen LogP contribution in [0.3, 0.4) is 0 Å². The number of rotatable bonds is 5. The Kier molecular flexibility index (Phi) is 5.70. The van der Waals surface area contributed by atoms with Crippen LogP contribution in [-0.2, 0) is 6.54 Å². The van der Waals surface area contributed by atoms with E-state index in [-0.39, 0.29) is 6.10 Å². The minimum Gasteiger partial charge on any atom is -0.489 e. The van der Waals surface area contributed by atoms with Gasteiger partial charge in [0.1, 0.15) is 17.4 Å². The summed E-state index contributed by atoms with van der Waals surface area (Å²) >= 11 is 0. The van der Waals surface area contributed by atoms with Crippen molar-refractivity contribution in [1.82, 2.24) is 4.90 Å². The Balaban J connectivity index is 1.38. The lowest BCUT2D eigenvalue weighted by Gasteiger charge is -2.34. The fourth-order valence-corrected chi connectivity index (χ4v) is 6.19. The molecule has 0 amide bonds. The molecule has 30 heavy (non-hydrogen) atoms. The molecule has 2 aromatic carbocycles. The Morgan fingerprint density at radius 3 is 2.40 bits per heavy atom. The van der Waals surface area contributed by atoms with E-state index in [9.17, 15) is 5.26 Å². The summed E-state index contributed by atoms with van der Waals surface area (Å²) < 4.78 is 6.38. The molecule has 0 spiro atoms. The highest BCUT2D eigenvalue weighted by molar-refractivity contribution is 5.90. The van der Waals surface area contributed by atoms with Crippen LogP contribution in [0.1, 0.15) is 82.3 Å². The molecule has 1 saturated carbocycles. The molecule has 158 valence electrons. The zero-order chi connectivity index (χ0) is 20.5. The minimum absolute atomic E-state index is 0.254. The predicted octanol–water partition coefficient (Wildman–Crippen LogP) is 6.58. The van der Waals surface area contributed by atoms with Crippen molar-refractivity contribution >= 4 is 10.8 Å². The number of nitriles is 1. The normalized spacial score (nSPS) is 29.1. The first-order valence-corrected chi connectivity index (χ1v) is 12.1. The van der Waals surface area contributed by atoms with Gasteiger partial charge in [0.05, 0.1) is 6.10 Å². The third-order valence-electron chi connectivity index (χ3n) is 8.04. The molecule has 2 aromatic rings. The standard InChI is InChI=1S/C27H34N2O/c1-2-19-7-13-24(14-8-19)30-27-15-10-21-9-6-20(16-25(21)26(27)17-28)18-29-22-4-3-5-23(29)12-11-22/h6,9-10,15-16,19,22-24H,2-5,7-8,11-14,18H2,1H3. The first-order chi connectivity index (χ1) is 14.7. The molecular weight excluding hydrogens is 368 g/mol. The van der Waals surface area contributed by atoms with E-state index in [4.69, 9.17) is 4.74 Å². The SMILES string of the molecule is CCC1CCC(Oc2ccc3ccc(CN4C5CCCC4CC5)cc3c2C#N)CC1. The van der Waals surface area contributed by atoms with Gasteiger partial charge in [0, 0.05) is 24.0 Å². The summed E-state index contributed by atoms with van der Waals surface area (Å²) in [6.07, 6.45) is 13.1. The van der Waals surface area contributed by atoms with Crippen LogP contribution in [0, 0.1) is 17.2 Å². The highest BCUT2D eigenvalue weighted by Crippen LogP contribution is 2.38. The maximum absolute atomic E-state index is 9.99. The van der Waals surface area contributed by atoms with Gasteiger partial charge in [-0.1, -0.05) is 38.0 Å². The second-order valence-electron chi connectivity index (χ2n) is 9.76. The van der Waals surface area contributed by atoms with Crippen LogP contribution in [-0.4, -0.2) is 23.1 Å². The lowest BCUT2D eigenvalue weighted by Crippen LogP contribution is -2.38. The van der Waals surface area contributed by atoms with Crippen LogP contribution < -0.4 is 4.74 Å². The molecule has 2 aliphatic heterocycles. The van der Waals surface area contributed by atoms with Crippen LogP contribution in [0.4, 0.5) is 0 Å². The predicted molar refractivity (Wildman–Crippen MR) is 122 cm³/mol. The summed E-state index contributed by atoms with van der Waals surface area (Å²) in [5.41, 5.74) is 2.05. The number of ether oxygens (including phenoxy) is 1. The number of benzene rings is 2. The number of hydrogen-bond donors (Lipinski definition) is 0. The third-order valence-corrected chi connectivity index (χ3v) is 8.04. The Morgan fingerprint density at radius 2 is 1.70 bits per heavy atom. The lowest BCUT2D eigenvalue weighted by atomic mass is 9.86. The van der Waals surface area contributed by atoms with Crippen molar-refractivity contribution in [1.29, 1.82) is 5.26 Å². The molecule has 2 bridgehead atoms. The molecule has 3 aliphatic rings. The zero-order valence-corrected chi connectivity index (χ0v) is 18.3. The fourth-order valence-electron chi connectivity index (χ4n) is 6.19. The van der Waals surface area contributed by atoms with Crippen molar-refractivity contribution in [2.24, 2.45) is 5.92 Å². The highest BCUT2D eigenvalue weighted by atomic mass is 16.5. The van der Waals surface area contributed by atoms with Crippen molar-refractivity contribution in [3.63, 3.8) is 0 Å². The van der Waals surface area contributed by atoms with Crippen molar-refractivity contribution in [2.75, 3.05) is 0 Å². The largest absolute Gasteiger partial charge is 0.489 e. The highest BCUT2D eigenvalue weighted by Gasteiger charge is 2.36. The van der Waals surface area contributed by atoms with Crippen LogP contribution >= 0.6 is 0 Å². The topological polar surface area (TPSA) is 36.3 Å². The van der Waals surface area contributed by atoms with Gasteiger partial charge in [-0.3, -0.25) is 4.90 Å². The smallest absolute Gasteiger partial charge is 0.138 e. The number of fused-ring (bicyclic) bond motifs is 3. The van der Waals surface area contributed by atoms with E-state index in [0.29, 0.717) is 5.56 Å². The van der Waals surface area contributed by atoms with Gasteiger partial charge in [0.2, 0.25) is 0 Å². The Bertz CT molecular complexity index is 922. The average molecular weight is 403 g/mol. The van der Waals surface area contributed by atoms with Gasteiger partial charge in [-0.2, -0.15) is 5.26 Å². The molecule has 0 radical (unpaired) electrons. The van der Waals surface area contributed by atoms with Gasteiger partial charge < -0.3 is 4.74 Å². The van der Waals surface area contributed by atoms with Gasteiger partial charge in [-0.05, 0) is 80.4 Å². The molecule has 2 atom stereocenters. The summed E-state index contributed by atoms with van der Waals surface area (Å²) in [5.74, 6) is 1.63. The van der Waals surface area contributed by atoms with Crippen LogP contribution in [0.2, 0.25) is 0 Å². The van der Waals surface area contributed by atoms with E-state index in [2.05, 4.69) is 42.2 Å². The van der Waals surface area contributed by atoms with E-state index >= 15 is 0 Å². The summed E-state index contributed by atoms with van der Waals surface area (Å²) in [4.78, 5) is 2.73. The Labute approximate surface area is 181 Å². The van der Waals surface area contributed by atoms with Crippen LogP contribution in [0.25, 0.3) is 10.8 Å². The molecule has 5 rings (SSSR count). The molecule has 1 aliphatic carbocycles. The van der Waals surface area contributed by atoms with Crippen molar-refractivity contribution in [3.05, 3.63) is 41.5 Å². The van der Waals surface area contributed by atoms with E-state index in [1.165, 1.54) is 56.9 Å². The fraction of sp³-hybridized carbons (Fsp3) is 0.593. The van der Waals surface area contributed by atoms with Crippen molar-refractivity contribution in [2.45, 2.75) is 95.9 Å². The van der Waals surface area contributed by atoms with Crippen LogP contribution in [0.15, 0.2) is 30.3 Å². The lowest BCUT2D eigenvalue weighted by molar-refractivity contribution is 0.130. The molecule has 3 heteroatoms. The second kappa shape index (κ2) is 8.60. The second-order valence-corrected chi connectivity index (χ2v) is 9.76. The van der Waals surface area contributed by atoms with Crippen molar-refractivity contribution in [3.8, 4) is 11.8 Å². The zero-order valence-electron chi connectivity index (χ0n) is 18.3. The monoisotopic (exact) mass is 402 g/mol. The van der Waals surface area contributed by atoms with E-state index in [1.807, 2.05) is 6.07 Å². The van der Waals surface area contributed by atoms with Crippen LogP contribution in [0.5, 0.6) is 5.75 Å². The summed E-state index contributed by atoms with van der Waals surface area (Å²) in [6, 6.07) is 14.8. The van der Waals surface area contributed by atoms with E-state index in [1.54, 1.807) is 0 Å². The van der Waals surface area contributed by atoms with E-state index in [0.717, 1.165) is 53.9 Å². The maximum Gasteiger partial charge on any atom is 0.138 e. The molecular formula is C27H34N2O. The van der Waals surface area contributed by atoms with E-state index < -0.39 is 0 Å². The quantitative estimate of drug-likeness (QED) is 0.567. The van der Waals surface area contributed by atoms with Gasteiger partial charge in [-0.25, -0.2) is 0 Å². The molecule has 2 unspecified atom stereocenters. The first kappa shape index (κ1) is 19.9.